The fourth-order valence-electron chi connectivity index (χ4n) is 1.71. The van der Waals surface area contributed by atoms with Crippen LogP contribution in [0.15, 0.2) is 48.9 Å². The zero-order valence-electron chi connectivity index (χ0n) is 7.51. The lowest BCUT2D eigenvalue weighted by Crippen LogP contribution is -1.81. The van der Waals surface area contributed by atoms with Crippen LogP contribution in [0.1, 0.15) is 0 Å². The molecule has 0 aliphatic carbocycles. The van der Waals surface area contributed by atoms with E-state index in [1.165, 1.54) is 5.39 Å². The van der Waals surface area contributed by atoms with Crippen LogP contribution in [0.2, 0.25) is 0 Å². The monoisotopic (exact) mass is 180 g/mol. The van der Waals surface area contributed by atoms with E-state index in [1.807, 2.05) is 24.5 Å². The van der Waals surface area contributed by atoms with Gasteiger partial charge in [0.25, 0.3) is 0 Å². The van der Waals surface area contributed by atoms with Crippen molar-refractivity contribution >= 4 is 21.7 Å². The van der Waals surface area contributed by atoms with Crippen molar-refractivity contribution in [2.24, 2.45) is 0 Å². The first kappa shape index (κ1) is 7.44. The fraction of sp³-hybridized carbons (Fsp3) is 0. The largest absolute Gasteiger partial charge is 0.264 e. The van der Waals surface area contributed by atoms with Crippen LogP contribution in [-0.4, -0.2) is 9.97 Å². The zero-order valence-corrected chi connectivity index (χ0v) is 7.51. The van der Waals surface area contributed by atoms with E-state index in [0.717, 1.165) is 16.3 Å². The molecule has 3 rings (SSSR count). The normalized spacial score (nSPS) is 10.9. The van der Waals surface area contributed by atoms with Crippen LogP contribution in [0.3, 0.4) is 0 Å². The first-order valence-electron chi connectivity index (χ1n) is 4.52. The van der Waals surface area contributed by atoms with E-state index in [9.17, 15) is 0 Å². The summed E-state index contributed by atoms with van der Waals surface area (Å²) >= 11 is 0. The fourth-order valence-corrected chi connectivity index (χ4v) is 1.71. The number of hydrogen-bond acceptors (Lipinski definition) is 2. The maximum Gasteiger partial charge on any atom is 0.0795 e. The molecule has 0 unspecified atom stereocenters. The van der Waals surface area contributed by atoms with Gasteiger partial charge in [-0.2, -0.15) is 0 Å². The molecule has 0 aliphatic rings. The molecule has 0 atom stereocenters. The highest BCUT2D eigenvalue weighted by Gasteiger charge is 1.99. The molecule has 14 heavy (non-hydrogen) atoms. The molecule has 3 aromatic rings. The van der Waals surface area contributed by atoms with Crippen LogP contribution in [0.25, 0.3) is 21.7 Å². The van der Waals surface area contributed by atoms with Crippen LogP contribution < -0.4 is 0 Å². The summed E-state index contributed by atoms with van der Waals surface area (Å²) in [4.78, 5) is 8.49. The Morgan fingerprint density at radius 1 is 0.857 bits per heavy atom. The van der Waals surface area contributed by atoms with Crippen molar-refractivity contribution in [3.8, 4) is 0 Å². The quantitative estimate of drug-likeness (QED) is 0.497. The van der Waals surface area contributed by atoms with Crippen LogP contribution in [0.5, 0.6) is 0 Å². The molecule has 0 bridgehead atoms. The van der Waals surface area contributed by atoms with Crippen molar-refractivity contribution in [1.82, 2.24) is 9.97 Å². The molecule has 0 N–H and O–H groups in total. The molecule has 0 saturated heterocycles. The molecular weight excluding hydrogens is 172 g/mol. The molecule has 0 aliphatic heterocycles. The molecule has 2 aromatic heterocycles. The topological polar surface area (TPSA) is 25.8 Å². The average Bonchev–Trinajstić information content (AvgIpc) is 2.29. The SMILES string of the molecule is c1cnc2c(c1)ccc1ccncc12. The Labute approximate surface area is 81.2 Å². The molecule has 2 heteroatoms. The van der Waals surface area contributed by atoms with Gasteiger partial charge in [0.15, 0.2) is 0 Å². The smallest absolute Gasteiger partial charge is 0.0795 e. The number of fused-ring (bicyclic) bond motifs is 3. The standard InChI is InChI=1S/C12H8N2/c1-2-10-4-3-9-5-7-13-8-11(9)12(10)14-6-1/h1-8H. The van der Waals surface area contributed by atoms with Gasteiger partial charge in [-0.05, 0) is 17.5 Å². The number of benzene rings is 1. The highest BCUT2D eigenvalue weighted by atomic mass is 14.7. The van der Waals surface area contributed by atoms with Crippen LogP contribution in [0.4, 0.5) is 0 Å². The van der Waals surface area contributed by atoms with Crippen molar-refractivity contribution in [3.05, 3.63) is 48.9 Å². The summed E-state index contributed by atoms with van der Waals surface area (Å²) in [6.45, 7) is 0. The highest BCUT2D eigenvalue weighted by Crippen LogP contribution is 2.21. The average molecular weight is 180 g/mol. The predicted octanol–water partition coefficient (Wildman–Crippen LogP) is 2.78. The van der Waals surface area contributed by atoms with E-state index in [4.69, 9.17) is 0 Å². The van der Waals surface area contributed by atoms with Gasteiger partial charge in [0.1, 0.15) is 0 Å². The Bertz CT molecular complexity index is 547. The molecule has 2 heterocycles. The maximum absolute atomic E-state index is 4.37. The van der Waals surface area contributed by atoms with Gasteiger partial charge in [0.2, 0.25) is 0 Å². The molecule has 0 spiro atoms. The van der Waals surface area contributed by atoms with E-state index in [2.05, 4.69) is 28.2 Å². The number of pyridine rings is 2. The van der Waals surface area contributed by atoms with Crippen molar-refractivity contribution in [1.29, 1.82) is 0 Å². The van der Waals surface area contributed by atoms with Gasteiger partial charge in [-0.25, -0.2) is 0 Å². The molecular formula is C12H8N2. The van der Waals surface area contributed by atoms with Gasteiger partial charge >= 0.3 is 0 Å². The summed E-state index contributed by atoms with van der Waals surface area (Å²) in [5.74, 6) is 0. The molecule has 0 saturated carbocycles. The Morgan fingerprint density at radius 3 is 2.79 bits per heavy atom. The second kappa shape index (κ2) is 2.77. The summed E-state index contributed by atoms with van der Waals surface area (Å²) < 4.78 is 0. The van der Waals surface area contributed by atoms with Gasteiger partial charge < -0.3 is 0 Å². The van der Waals surface area contributed by atoms with Gasteiger partial charge in [0, 0.05) is 29.4 Å². The minimum absolute atomic E-state index is 1.03. The zero-order chi connectivity index (χ0) is 9.38. The third-order valence-electron chi connectivity index (χ3n) is 2.39. The summed E-state index contributed by atoms with van der Waals surface area (Å²) in [6, 6.07) is 10.2. The lowest BCUT2D eigenvalue weighted by molar-refractivity contribution is 1.36. The summed E-state index contributed by atoms with van der Waals surface area (Å²) in [5.41, 5.74) is 1.03. The number of hydrogen-bond donors (Lipinski definition) is 0. The minimum Gasteiger partial charge on any atom is -0.264 e. The summed E-state index contributed by atoms with van der Waals surface area (Å²) in [6.07, 6.45) is 5.48. The molecule has 66 valence electrons. The Kier molecular flexibility index (Phi) is 1.47. The maximum atomic E-state index is 4.37. The molecule has 0 radical (unpaired) electrons. The second-order valence-corrected chi connectivity index (χ2v) is 3.24. The van der Waals surface area contributed by atoms with Crippen molar-refractivity contribution in [3.63, 3.8) is 0 Å². The Hall–Kier alpha value is -1.96. The van der Waals surface area contributed by atoms with Crippen molar-refractivity contribution in [2.75, 3.05) is 0 Å². The van der Waals surface area contributed by atoms with Gasteiger partial charge in [-0.3, -0.25) is 9.97 Å². The molecule has 1 aromatic carbocycles. The van der Waals surface area contributed by atoms with Crippen molar-refractivity contribution < 1.29 is 0 Å². The molecule has 0 fully saturated rings. The first-order chi connectivity index (χ1) is 6.95. The first-order valence-corrected chi connectivity index (χ1v) is 4.52. The Morgan fingerprint density at radius 2 is 1.79 bits per heavy atom. The van der Waals surface area contributed by atoms with Crippen LogP contribution in [-0.2, 0) is 0 Å². The predicted molar refractivity (Wildman–Crippen MR) is 57.0 cm³/mol. The second-order valence-electron chi connectivity index (χ2n) is 3.24. The third-order valence-corrected chi connectivity index (χ3v) is 2.39. The van der Waals surface area contributed by atoms with E-state index in [-0.39, 0.29) is 0 Å². The highest BCUT2D eigenvalue weighted by molar-refractivity contribution is 6.04. The lowest BCUT2D eigenvalue weighted by atomic mass is 10.1. The third kappa shape index (κ3) is 0.973. The van der Waals surface area contributed by atoms with Crippen LogP contribution in [0, 0.1) is 0 Å². The molecule has 2 nitrogen and oxygen atoms in total. The Balaban J connectivity index is 2.61. The number of nitrogens with zero attached hydrogens (tertiary/aromatic N) is 2. The van der Waals surface area contributed by atoms with E-state index in [0.29, 0.717) is 0 Å². The van der Waals surface area contributed by atoms with E-state index in [1.54, 1.807) is 6.20 Å². The number of aromatic nitrogens is 2. The van der Waals surface area contributed by atoms with Gasteiger partial charge in [-0.1, -0.05) is 18.2 Å². The summed E-state index contributed by atoms with van der Waals surface area (Å²) in [5, 5.41) is 3.46. The number of rotatable bonds is 0. The minimum atomic E-state index is 1.03. The van der Waals surface area contributed by atoms with E-state index < -0.39 is 0 Å². The van der Waals surface area contributed by atoms with Crippen LogP contribution >= 0.6 is 0 Å². The van der Waals surface area contributed by atoms with Gasteiger partial charge in [0.05, 0.1) is 5.52 Å². The lowest BCUT2D eigenvalue weighted by Gasteiger charge is -2.00. The van der Waals surface area contributed by atoms with E-state index >= 15 is 0 Å². The molecule has 0 amide bonds. The van der Waals surface area contributed by atoms with Gasteiger partial charge in [-0.15, -0.1) is 0 Å². The van der Waals surface area contributed by atoms with Crippen molar-refractivity contribution in [2.45, 2.75) is 0 Å². The summed E-state index contributed by atoms with van der Waals surface area (Å²) in [7, 11) is 0.